The van der Waals surface area contributed by atoms with E-state index in [1.807, 2.05) is 47.4 Å². The maximum absolute atomic E-state index is 13.1. The Labute approximate surface area is 200 Å². The minimum Gasteiger partial charge on any atom is -0.352 e. The lowest BCUT2D eigenvalue weighted by molar-refractivity contribution is 0.0746. The monoisotopic (exact) mass is 462 g/mol. The van der Waals surface area contributed by atoms with E-state index in [9.17, 15) is 4.79 Å². The third kappa shape index (κ3) is 4.50. The van der Waals surface area contributed by atoms with Crippen LogP contribution in [0.1, 0.15) is 65.3 Å². The summed E-state index contributed by atoms with van der Waals surface area (Å²) in [6.07, 6.45) is 7.06. The Balaban J connectivity index is 1.45. The number of carbonyl (C=O) groups excluding carboxylic acids is 1. The molecule has 0 unspecified atom stereocenters. The van der Waals surface area contributed by atoms with Gasteiger partial charge < -0.3 is 9.80 Å². The summed E-state index contributed by atoms with van der Waals surface area (Å²) in [4.78, 5) is 30.4. The Morgan fingerprint density at radius 1 is 1.03 bits per heavy atom. The molecule has 0 N–H and O–H groups in total. The highest BCUT2D eigenvalue weighted by molar-refractivity contribution is 7.19. The van der Waals surface area contributed by atoms with Crippen LogP contribution in [0, 0.1) is 12.8 Å². The number of fused-ring (bicyclic) bond motifs is 3. The van der Waals surface area contributed by atoms with Crippen molar-refractivity contribution in [3.63, 3.8) is 0 Å². The van der Waals surface area contributed by atoms with Crippen LogP contribution in [0.3, 0.4) is 0 Å². The standard InChI is InChI=1S/C27H34N4OS/c1-18(2)17-23-28-25(24-21-11-5-4-6-12-22(21)33-26(24)29-23)30-13-15-31(16-14-30)27(32)20-10-8-7-9-19(20)3/h7-10,18H,4-6,11-17H2,1-3H3. The first-order chi connectivity index (χ1) is 16.0. The number of nitrogens with zero attached hydrogens (tertiary/aromatic N) is 4. The van der Waals surface area contributed by atoms with Crippen LogP contribution in [0.15, 0.2) is 24.3 Å². The van der Waals surface area contributed by atoms with Crippen LogP contribution >= 0.6 is 11.3 Å². The van der Waals surface area contributed by atoms with Gasteiger partial charge in [0.15, 0.2) is 0 Å². The van der Waals surface area contributed by atoms with Gasteiger partial charge in [-0.1, -0.05) is 38.5 Å². The first-order valence-electron chi connectivity index (χ1n) is 12.4. The van der Waals surface area contributed by atoms with Gasteiger partial charge in [0.1, 0.15) is 16.5 Å². The first kappa shape index (κ1) is 22.3. The van der Waals surface area contributed by atoms with Gasteiger partial charge in [0.05, 0.1) is 5.39 Å². The zero-order valence-electron chi connectivity index (χ0n) is 20.1. The lowest BCUT2D eigenvalue weighted by atomic mass is 10.1. The lowest BCUT2D eigenvalue weighted by Gasteiger charge is -2.36. The highest BCUT2D eigenvalue weighted by Crippen LogP contribution is 2.39. The van der Waals surface area contributed by atoms with Gasteiger partial charge in [-0.3, -0.25) is 4.79 Å². The van der Waals surface area contributed by atoms with Gasteiger partial charge in [-0.25, -0.2) is 9.97 Å². The fourth-order valence-electron chi connectivity index (χ4n) is 5.15. The molecule has 6 heteroatoms. The number of amides is 1. The van der Waals surface area contributed by atoms with E-state index in [0.29, 0.717) is 5.92 Å². The third-order valence-corrected chi connectivity index (χ3v) is 8.11. The lowest BCUT2D eigenvalue weighted by Crippen LogP contribution is -2.49. The molecule has 0 atom stereocenters. The van der Waals surface area contributed by atoms with Crippen LogP contribution in [-0.2, 0) is 19.3 Å². The van der Waals surface area contributed by atoms with E-state index in [0.717, 1.165) is 61.8 Å². The molecule has 2 aromatic heterocycles. The Morgan fingerprint density at radius 3 is 2.55 bits per heavy atom. The second-order valence-electron chi connectivity index (χ2n) is 9.90. The van der Waals surface area contributed by atoms with Crippen LogP contribution in [0.4, 0.5) is 5.82 Å². The second kappa shape index (κ2) is 9.41. The van der Waals surface area contributed by atoms with Crippen molar-refractivity contribution in [2.45, 2.75) is 59.3 Å². The van der Waals surface area contributed by atoms with Gasteiger partial charge in [0.25, 0.3) is 5.91 Å². The summed E-state index contributed by atoms with van der Waals surface area (Å²) in [5.41, 5.74) is 3.36. The minimum atomic E-state index is 0.144. The van der Waals surface area contributed by atoms with E-state index in [-0.39, 0.29) is 5.91 Å². The highest BCUT2D eigenvalue weighted by atomic mass is 32.1. The Kier molecular flexibility index (Phi) is 6.37. The van der Waals surface area contributed by atoms with Gasteiger partial charge in [0.2, 0.25) is 0 Å². The molecule has 3 heterocycles. The number of thiophene rings is 1. The predicted octanol–water partition coefficient (Wildman–Crippen LogP) is 5.43. The summed E-state index contributed by atoms with van der Waals surface area (Å²) >= 11 is 1.89. The van der Waals surface area contributed by atoms with E-state index in [2.05, 4.69) is 18.7 Å². The number of hydrogen-bond acceptors (Lipinski definition) is 5. The number of carbonyl (C=O) groups is 1. The quantitative estimate of drug-likeness (QED) is 0.485. The van der Waals surface area contributed by atoms with Crippen molar-refractivity contribution >= 4 is 33.3 Å². The average Bonchev–Trinajstić information content (AvgIpc) is 2.99. The van der Waals surface area contributed by atoms with Gasteiger partial charge >= 0.3 is 0 Å². The molecular weight excluding hydrogens is 428 g/mol. The van der Waals surface area contributed by atoms with Crippen molar-refractivity contribution in [1.29, 1.82) is 0 Å². The summed E-state index contributed by atoms with van der Waals surface area (Å²) in [6, 6.07) is 7.89. The summed E-state index contributed by atoms with van der Waals surface area (Å²) in [6.45, 7) is 9.55. The zero-order valence-corrected chi connectivity index (χ0v) is 20.9. The van der Waals surface area contributed by atoms with Gasteiger partial charge in [-0.2, -0.15) is 0 Å². The van der Waals surface area contributed by atoms with Crippen LogP contribution < -0.4 is 4.90 Å². The molecule has 1 saturated heterocycles. The van der Waals surface area contributed by atoms with Crippen LogP contribution in [0.2, 0.25) is 0 Å². The molecule has 2 aliphatic rings. The number of rotatable bonds is 4. The fourth-order valence-corrected chi connectivity index (χ4v) is 6.42. The number of aryl methyl sites for hydroxylation is 3. The Hall–Kier alpha value is -2.47. The summed E-state index contributed by atoms with van der Waals surface area (Å²) in [5.74, 6) is 2.74. The van der Waals surface area contributed by atoms with Gasteiger partial charge in [-0.05, 0) is 55.7 Å². The molecule has 33 heavy (non-hydrogen) atoms. The number of hydrogen-bond donors (Lipinski definition) is 0. The molecule has 3 aromatic rings. The molecule has 1 aliphatic carbocycles. The van der Waals surface area contributed by atoms with E-state index in [1.54, 1.807) is 0 Å². The average molecular weight is 463 g/mol. The molecule has 1 fully saturated rings. The third-order valence-electron chi connectivity index (χ3n) is 6.92. The molecule has 1 aliphatic heterocycles. The van der Waals surface area contributed by atoms with Crippen molar-refractivity contribution in [3.05, 3.63) is 51.7 Å². The predicted molar refractivity (Wildman–Crippen MR) is 137 cm³/mol. The SMILES string of the molecule is Cc1ccccc1C(=O)N1CCN(c2nc(CC(C)C)nc3sc4c(c23)CCCCC4)CC1. The molecule has 0 bridgehead atoms. The van der Waals surface area contributed by atoms with Gasteiger partial charge in [0, 0.05) is 43.0 Å². The van der Waals surface area contributed by atoms with E-state index >= 15 is 0 Å². The summed E-state index contributed by atoms with van der Waals surface area (Å²) in [5, 5.41) is 1.29. The van der Waals surface area contributed by atoms with Crippen LogP contribution in [-0.4, -0.2) is 47.0 Å². The summed E-state index contributed by atoms with van der Waals surface area (Å²) < 4.78 is 0. The number of aromatic nitrogens is 2. The molecule has 1 aromatic carbocycles. The van der Waals surface area contributed by atoms with E-state index in [1.165, 1.54) is 46.3 Å². The molecule has 174 valence electrons. The maximum atomic E-state index is 13.1. The van der Waals surface area contributed by atoms with Crippen molar-refractivity contribution in [1.82, 2.24) is 14.9 Å². The first-order valence-corrected chi connectivity index (χ1v) is 13.2. The van der Waals surface area contributed by atoms with Gasteiger partial charge in [-0.15, -0.1) is 11.3 Å². The van der Waals surface area contributed by atoms with Crippen molar-refractivity contribution in [3.8, 4) is 0 Å². The second-order valence-corrected chi connectivity index (χ2v) is 11.0. The summed E-state index contributed by atoms with van der Waals surface area (Å²) in [7, 11) is 0. The van der Waals surface area contributed by atoms with E-state index in [4.69, 9.17) is 9.97 Å². The molecule has 5 rings (SSSR count). The van der Waals surface area contributed by atoms with Crippen LogP contribution in [0.5, 0.6) is 0 Å². The topological polar surface area (TPSA) is 49.3 Å². The molecule has 1 amide bonds. The zero-order chi connectivity index (χ0) is 22.9. The number of benzene rings is 1. The number of piperazine rings is 1. The molecule has 0 radical (unpaired) electrons. The molecule has 0 saturated carbocycles. The molecular formula is C27H34N4OS. The Morgan fingerprint density at radius 2 is 1.79 bits per heavy atom. The largest absolute Gasteiger partial charge is 0.352 e. The Bertz CT molecular complexity index is 1160. The number of anilines is 1. The maximum Gasteiger partial charge on any atom is 0.254 e. The van der Waals surface area contributed by atoms with Crippen LogP contribution in [0.25, 0.3) is 10.2 Å². The van der Waals surface area contributed by atoms with Crippen molar-refractivity contribution in [2.75, 3.05) is 31.1 Å². The molecule has 0 spiro atoms. The molecule has 5 nitrogen and oxygen atoms in total. The minimum absolute atomic E-state index is 0.144. The smallest absolute Gasteiger partial charge is 0.254 e. The van der Waals surface area contributed by atoms with E-state index < -0.39 is 0 Å². The fraction of sp³-hybridized carbons (Fsp3) is 0.519. The van der Waals surface area contributed by atoms with Crippen molar-refractivity contribution < 1.29 is 4.79 Å². The normalized spacial score (nSPS) is 16.8. The highest BCUT2D eigenvalue weighted by Gasteiger charge is 2.28. The van der Waals surface area contributed by atoms with Crippen molar-refractivity contribution in [2.24, 2.45) is 5.92 Å².